The molecule has 2 aromatic rings. The lowest BCUT2D eigenvalue weighted by Gasteiger charge is -2.24. The van der Waals surface area contributed by atoms with E-state index >= 15 is 0 Å². The van der Waals surface area contributed by atoms with Crippen LogP contribution in [0, 0.1) is 5.92 Å². The lowest BCUT2D eigenvalue weighted by molar-refractivity contribution is -0.0511. The van der Waals surface area contributed by atoms with Gasteiger partial charge in [0.05, 0.1) is 12.9 Å². The topological polar surface area (TPSA) is 186 Å². The molecule has 0 radical (unpaired) electrons. The van der Waals surface area contributed by atoms with Crippen molar-refractivity contribution < 1.29 is 20.1 Å². The van der Waals surface area contributed by atoms with Crippen LogP contribution in [0.2, 0.25) is 0 Å². The van der Waals surface area contributed by atoms with E-state index in [0.717, 1.165) is 5.92 Å². The van der Waals surface area contributed by atoms with E-state index in [-0.39, 0.29) is 17.1 Å². The zero-order chi connectivity index (χ0) is 21.1. The fraction of sp³-hybridized carbons (Fsp3) is 0.722. The van der Waals surface area contributed by atoms with E-state index in [1.165, 1.54) is 43.0 Å². The number of nitrogens with zero attached hydrogens (tertiary/aromatic N) is 3. The molecule has 0 unspecified atom stereocenters. The minimum absolute atomic E-state index is 0.0388. The highest BCUT2D eigenvalue weighted by Gasteiger charge is 2.44. The monoisotopic (exact) mass is 410 g/mol. The number of aliphatic hydroxyl groups excluding tert-OH is 3. The number of aromatic nitrogens is 4. The first-order chi connectivity index (χ1) is 13.8. The van der Waals surface area contributed by atoms with Crippen molar-refractivity contribution in [2.24, 2.45) is 11.7 Å². The number of anilines is 1. The molecule has 1 aliphatic carbocycles. The van der Waals surface area contributed by atoms with Gasteiger partial charge >= 0.3 is 0 Å². The van der Waals surface area contributed by atoms with Crippen molar-refractivity contribution in [1.82, 2.24) is 19.5 Å². The minimum Gasteiger partial charge on any atom is -0.394 e. The Hall–Kier alpha value is -2.05. The van der Waals surface area contributed by atoms with E-state index in [0.29, 0.717) is 6.04 Å². The number of imidazole rings is 1. The summed E-state index contributed by atoms with van der Waals surface area (Å²) in [7, 11) is 0. The second kappa shape index (κ2) is 9.18. The lowest BCUT2D eigenvalue weighted by Crippen LogP contribution is -2.33. The zero-order valence-electron chi connectivity index (χ0n) is 16.4. The molecule has 2 aliphatic rings. The van der Waals surface area contributed by atoms with E-state index in [2.05, 4.69) is 21.9 Å². The Balaban J connectivity index is 0.000000224. The highest BCUT2D eigenvalue weighted by Crippen LogP contribution is 2.30. The van der Waals surface area contributed by atoms with E-state index < -0.39 is 36.7 Å². The summed E-state index contributed by atoms with van der Waals surface area (Å²) < 4.78 is 6.64. The maximum absolute atomic E-state index is 11.7. The molecule has 5 atom stereocenters. The number of nitrogens with one attached hydrogen (secondary N) is 1. The second-order valence-electron chi connectivity index (χ2n) is 7.76. The highest BCUT2D eigenvalue weighted by atomic mass is 16.6. The van der Waals surface area contributed by atoms with Crippen LogP contribution in [0.5, 0.6) is 0 Å². The van der Waals surface area contributed by atoms with Gasteiger partial charge in [-0.25, -0.2) is 4.98 Å². The Morgan fingerprint density at radius 2 is 2.00 bits per heavy atom. The molecule has 11 nitrogen and oxygen atoms in total. The van der Waals surface area contributed by atoms with Gasteiger partial charge < -0.3 is 31.5 Å². The van der Waals surface area contributed by atoms with Crippen molar-refractivity contribution in [3.63, 3.8) is 0 Å². The Labute approximate surface area is 167 Å². The molecular weight excluding hydrogens is 380 g/mol. The minimum atomic E-state index is -1.29. The van der Waals surface area contributed by atoms with Crippen molar-refractivity contribution in [2.75, 3.05) is 12.3 Å². The number of aromatic amines is 1. The normalized spacial score (nSPS) is 28.9. The van der Waals surface area contributed by atoms with Crippen molar-refractivity contribution in [3.05, 3.63) is 16.7 Å². The van der Waals surface area contributed by atoms with Crippen LogP contribution in [0.25, 0.3) is 11.2 Å². The van der Waals surface area contributed by atoms with Gasteiger partial charge in [-0.3, -0.25) is 14.3 Å². The summed E-state index contributed by atoms with van der Waals surface area (Å²) in [5, 5.41) is 28.7. The van der Waals surface area contributed by atoms with Crippen LogP contribution in [0.1, 0.15) is 45.3 Å². The van der Waals surface area contributed by atoms with E-state index in [9.17, 15) is 15.0 Å². The van der Waals surface area contributed by atoms with Gasteiger partial charge in [0.25, 0.3) is 5.56 Å². The smallest absolute Gasteiger partial charge is 0.280 e. The van der Waals surface area contributed by atoms with Crippen molar-refractivity contribution in [2.45, 2.75) is 69.6 Å². The number of nitrogen functional groups attached to an aromatic ring is 1. The van der Waals surface area contributed by atoms with Gasteiger partial charge in [0.2, 0.25) is 5.95 Å². The number of hydrogen-bond acceptors (Lipinski definition) is 9. The van der Waals surface area contributed by atoms with Gasteiger partial charge in [-0.1, -0.05) is 19.3 Å². The molecule has 2 aromatic heterocycles. The third-order valence-corrected chi connectivity index (χ3v) is 5.64. The third-order valence-electron chi connectivity index (χ3n) is 5.64. The molecule has 0 spiro atoms. The molecular formula is C18H30N6O5. The van der Waals surface area contributed by atoms with Crippen LogP contribution < -0.4 is 17.0 Å². The van der Waals surface area contributed by atoms with Crippen LogP contribution >= 0.6 is 0 Å². The molecule has 2 fully saturated rings. The van der Waals surface area contributed by atoms with Crippen molar-refractivity contribution >= 4 is 17.1 Å². The van der Waals surface area contributed by atoms with Gasteiger partial charge in [0.1, 0.15) is 18.3 Å². The summed E-state index contributed by atoms with van der Waals surface area (Å²) in [6.07, 6.45) is 3.78. The average molecular weight is 410 g/mol. The number of H-pyrrole nitrogens is 1. The molecule has 29 heavy (non-hydrogen) atoms. The van der Waals surface area contributed by atoms with Crippen LogP contribution in [0.15, 0.2) is 11.1 Å². The SMILES string of the molecule is C[C@H](N)C1CCCCC1.Nc1nc2c(ncn2[C@@H]2O[C@H](CO)[C@@H](O)[C@H]2O)c(=O)[nH]1. The molecule has 0 bridgehead atoms. The Bertz CT molecular complexity index is 862. The molecule has 0 amide bonds. The van der Waals surface area contributed by atoms with Gasteiger partial charge in [0, 0.05) is 6.04 Å². The first kappa shape index (κ1) is 21.7. The van der Waals surface area contributed by atoms with E-state index in [1.54, 1.807) is 0 Å². The van der Waals surface area contributed by atoms with E-state index in [1.807, 2.05) is 0 Å². The van der Waals surface area contributed by atoms with Crippen molar-refractivity contribution in [3.8, 4) is 0 Å². The van der Waals surface area contributed by atoms with Gasteiger partial charge in [-0.05, 0) is 25.7 Å². The number of nitrogens with two attached hydrogens (primary N) is 2. The fourth-order valence-electron chi connectivity index (χ4n) is 3.90. The number of fused-ring (bicyclic) bond motifs is 1. The largest absolute Gasteiger partial charge is 0.394 e. The Kier molecular flexibility index (Phi) is 6.85. The van der Waals surface area contributed by atoms with Gasteiger partial charge in [-0.2, -0.15) is 4.98 Å². The molecule has 0 aromatic carbocycles. The fourth-order valence-corrected chi connectivity index (χ4v) is 3.90. The summed E-state index contributed by atoms with van der Waals surface area (Å²) in [5.74, 6) is 0.731. The second-order valence-corrected chi connectivity index (χ2v) is 7.76. The number of hydrogen-bond donors (Lipinski definition) is 6. The molecule has 1 saturated carbocycles. The van der Waals surface area contributed by atoms with Crippen LogP contribution in [0.3, 0.4) is 0 Å². The molecule has 1 saturated heterocycles. The number of rotatable bonds is 3. The standard InChI is InChI=1S/C10H13N5O5.C8H17N/c11-10-13-7-4(8(19)14-10)12-2-15(7)9-6(18)5(17)3(1-16)20-9;1-7(9)8-5-3-2-4-6-8/h2-3,5-6,9,16-18H,1H2,(H3,11,13,14,19);7-8H,2-6,9H2,1H3/t3-,5-,6-,9-;7-/m10/s1. The molecule has 11 heteroatoms. The average Bonchev–Trinajstić information content (AvgIpc) is 3.24. The van der Waals surface area contributed by atoms with Gasteiger partial charge in [-0.15, -0.1) is 0 Å². The Morgan fingerprint density at radius 1 is 1.31 bits per heavy atom. The third kappa shape index (κ3) is 4.59. The summed E-state index contributed by atoms with van der Waals surface area (Å²) >= 11 is 0. The molecule has 4 rings (SSSR count). The van der Waals surface area contributed by atoms with Gasteiger partial charge in [0.15, 0.2) is 17.4 Å². The summed E-state index contributed by atoms with van der Waals surface area (Å²) in [5.41, 5.74) is 10.9. The molecule has 162 valence electrons. The van der Waals surface area contributed by atoms with Crippen molar-refractivity contribution in [1.29, 1.82) is 0 Å². The van der Waals surface area contributed by atoms with Crippen LogP contribution in [0.4, 0.5) is 5.95 Å². The summed E-state index contributed by atoms with van der Waals surface area (Å²) in [6.45, 7) is 1.69. The quantitative estimate of drug-likeness (QED) is 0.378. The molecule has 8 N–H and O–H groups in total. The first-order valence-corrected chi connectivity index (χ1v) is 9.93. The summed E-state index contributed by atoms with van der Waals surface area (Å²) in [6, 6.07) is 0.435. The van der Waals surface area contributed by atoms with E-state index in [4.69, 9.17) is 21.3 Å². The predicted octanol–water partition coefficient (Wildman–Crippen LogP) is -0.773. The first-order valence-electron chi connectivity index (χ1n) is 9.93. The maximum Gasteiger partial charge on any atom is 0.280 e. The molecule has 1 aliphatic heterocycles. The Morgan fingerprint density at radius 3 is 2.55 bits per heavy atom. The number of ether oxygens (including phenoxy) is 1. The maximum atomic E-state index is 11.7. The zero-order valence-corrected chi connectivity index (χ0v) is 16.4. The van der Waals surface area contributed by atoms with Crippen LogP contribution in [-0.4, -0.2) is 65.8 Å². The summed E-state index contributed by atoms with van der Waals surface area (Å²) in [4.78, 5) is 21.8. The van der Waals surface area contributed by atoms with Crippen LogP contribution in [-0.2, 0) is 4.74 Å². The number of aliphatic hydroxyl groups is 3. The highest BCUT2D eigenvalue weighted by molar-refractivity contribution is 5.70. The lowest BCUT2D eigenvalue weighted by atomic mass is 9.85. The predicted molar refractivity (Wildman–Crippen MR) is 106 cm³/mol. The molecule has 3 heterocycles.